The van der Waals surface area contributed by atoms with Gasteiger partial charge in [-0.1, -0.05) is 19.8 Å². The zero-order chi connectivity index (χ0) is 7.02. The van der Waals surface area contributed by atoms with Crippen molar-refractivity contribution in [2.45, 2.75) is 20.8 Å². The molecule has 0 aromatic heterocycles. The van der Waals surface area contributed by atoms with Gasteiger partial charge in [-0.15, -0.1) is 6.92 Å². The van der Waals surface area contributed by atoms with Gasteiger partial charge in [-0.3, -0.25) is 15.5 Å². The van der Waals surface area contributed by atoms with Crippen LogP contribution in [-0.4, -0.2) is 10.2 Å². The number of hydrogen-bond acceptors (Lipinski definition) is 0. The van der Waals surface area contributed by atoms with Gasteiger partial charge >= 0.3 is 0 Å². The molecule has 0 heterocycles. The molecule has 0 saturated carbocycles. The maximum Gasteiger partial charge on any atom is 0 e. The molecule has 1 atom stereocenters. The van der Waals surface area contributed by atoms with Crippen molar-refractivity contribution in [3.8, 4) is 0 Å². The normalized spacial score (nSPS) is 20.6. The first-order valence-corrected chi connectivity index (χ1v) is 4.40. The predicted molar refractivity (Wildman–Crippen MR) is 49.2 cm³/mol. The minimum Gasteiger partial charge on any atom is -0.271 e. The quantitative estimate of drug-likeness (QED) is 0.459. The van der Waals surface area contributed by atoms with E-state index >= 15 is 0 Å². The topological polar surface area (TPSA) is 0 Å². The van der Waals surface area contributed by atoms with Crippen molar-refractivity contribution in [2.24, 2.45) is 5.92 Å². The van der Waals surface area contributed by atoms with Crippen LogP contribution in [-0.2, 0) is 26.2 Å². The first-order chi connectivity index (χ1) is 4.13. The van der Waals surface area contributed by atoms with Crippen LogP contribution in [0.2, 0.25) is 0 Å². The van der Waals surface area contributed by atoms with Gasteiger partial charge in [-0.2, -0.15) is 5.57 Å². The average molecular weight is 269 g/mol. The molecule has 1 unspecified atom stereocenters. The van der Waals surface area contributed by atoms with E-state index in [1.54, 1.807) is 0 Å². The zero-order valence-electron chi connectivity index (χ0n) is 7.89. The minimum absolute atomic E-state index is 0. The standard InChI is InChI=1S/C8H13Si.2FH.Zr/c1-5-4-8(9)7(3)6(5)2;;;/h5H,1-3,9H3;2*1H;/q-1;;;. The van der Waals surface area contributed by atoms with Crippen LogP contribution >= 0.6 is 0 Å². The van der Waals surface area contributed by atoms with Crippen molar-refractivity contribution in [3.05, 3.63) is 22.4 Å². The fourth-order valence-corrected chi connectivity index (χ4v) is 1.99. The summed E-state index contributed by atoms with van der Waals surface area (Å²) in [6.45, 7) is 6.62. The summed E-state index contributed by atoms with van der Waals surface area (Å²) in [6, 6.07) is 0. The Morgan fingerprint density at radius 3 is 1.75 bits per heavy atom. The molecule has 0 aromatic carbocycles. The van der Waals surface area contributed by atoms with Gasteiger partial charge in [0.05, 0.1) is 0 Å². The summed E-state index contributed by atoms with van der Waals surface area (Å²) >= 11 is 0. The summed E-state index contributed by atoms with van der Waals surface area (Å²) in [4.78, 5) is 0. The van der Waals surface area contributed by atoms with Crippen LogP contribution in [0.4, 0.5) is 9.41 Å². The van der Waals surface area contributed by atoms with E-state index in [9.17, 15) is 0 Å². The molecule has 0 saturated heterocycles. The molecule has 12 heavy (non-hydrogen) atoms. The molecule has 0 spiro atoms. The van der Waals surface area contributed by atoms with Crippen molar-refractivity contribution in [1.82, 2.24) is 0 Å². The zero-order valence-corrected chi connectivity index (χ0v) is 12.4. The molecular formula is C8H15F2SiZr-. The van der Waals surface area contributed by atoms with Crippen LogP contribution in [0.15, 0.2) is 16.3 Å². The van der Waals surface area contributed by atoms with Crippen LogP contribution in [0, 0.1) is 12.0 Å². The molecule has 1 aliphatic rings. The second-order valence-electron chi connectivity index (χ2n) is 2.80. The fraction of sp³-hybridized carbons (Fsp3) is 0.500. The molecule has 0 amide bonds. The van der Waals surface area contributed by atoms with Gasteiger partial charge in [0.25, 0.3) is 0 Å². The summed E-state index contributed by atoms with van der Waals surface area (Å²) in [5.41, 5.74) is 3.01. The van der Waals surface area contributed by atoms with Crippen molar-refractivity contribution in [2.75, 3.05) is 0 Å². The Morgan fingerprint density at radius 2 is 1.67 bits per heavy atom. The Kier molecular flexibility index (Phi) is 10.5. The van der Waals surface area contributed by atoms with Gasteiger partial charge in [0.2, 0.25) is 0 Å². The SMILES string of the molecule is CC1=C(C)C(C)[C-]=C1[SiH3].F.F.[Zr]. The molecule has 1 aliphatic carbocycles. The number of allylic oxidation sites excluding steroid dienone is 4. The van der Waals surface area contributed by atoms with Crippen LogP contribution in [0.25, 0.3) is 0 Å². The van der Waals surface area contributed by atoms with Crippen molar-refractivity contribution in [3.63, 3.8) is 0 Å². The van der Waals surface area contributed by atoms with Crippen LogP contribution in [0.3, 0.4) is 0 Å². The molecular weight excluding hydrogens is 253 g/mol. The first-order valence-electron chi connectivity index (χ1n) is 3.40. The van der Waals surface area contributed by atoms with Gasteiger partial charge in [0, 0.05) is 26.2 Å². The predicted octanol–water partition coefficient (Wildman–Crippen LogP) is 1.33. The average Bonchev–Trinajstić information content (AvgIpc) is 1.98. The van der Waals surface area contributed by atoms with Crippen LogP contribution in [0.5, 0.6) is 0 Å². The summed E-state index contributed by atoms with van der Waals surface area (Å²) in [6.07, 6.45) is 3.42. The molecule has 0 N–H and O–H groups in total. The number of rotatable bonds is 0. The Morgan fingerprint density at radius 1 is 1.25 bits per heavy atom. The maximum atomic E-state index is 3.42. The number of halogens is 2. The van der Waals surface area contributed by atoms with E-state index in [0.29, 0.717) is 5.92 Å². The van der Waals surface area contributed by atoms with E-state index in [4.69, 9.17) is 0 Å². The largest absolute Gasteiger partial charge is 0.271 e. The molecule has 0 fully saturated rings. The van der Waals surface area contributed by atoms with Gasteiger partial charge in [0.15, 0.2) is 0 Å². The van der Waals surface area contributed by atoms with Crippen molar-refractivity contribution < 1.29 is 35.6 Å². The van der Waals surface area contributed by atoms with E-state index in [2.05, 4.69) is 26.8 Å². The molecule has 0 radical (unpaired) electrons. The van der Waals surface area contributed by atoms with Gasteiger partial charge in [0.1, 0.15) is 0 Å². The van der Waals surface area contributed by atoms with Crippen molar-refractivity contribution in [1.29, 1.82) is 0 Å². The molecule has 70 valence electrons. The van der Waals surface area contributed by atoms with Crippen LogP contribution < -0.4 is 0 Å². The summed E-state index contributed by atoms with van der Waals surface area (Å²) in [5.74, 6) is 0.595. The Balaban J connectivity index is -0.000000270. The van der Waals surface area contributed by atoms with Gasteiger partial charge in [-0.05, 0) is 10.2 Å². The second-order valence-corrected chi connectivity index (χ2v) is 3.80. The van der Waals surface area contributed by atoms with E-state index in [1.807, 2.05) is 0 Å². The fourth-order valence-electron chi connectivity index (χ4n) is 1.16. The maximum absolute atomic E-state index is 3.42. The van der Waals surface area contributed by atoms with E-state index < -0.39 is 0 Å². The molecule has 0 bridgehead atoms. The smallest absolute Gasteiger partial charge is 0 e. The van der Waals surface area contributed by atoms with E-state index in [1.165, 1.54) is 16.3 Å². The second kappa shape index (κ2) is 6.90. The Bertz CT molecular complexity index is 199. The van der Waals surface area contributed by atoms with Crippen molar-refractivity contribution >= 4 is 10.2 Å². The number of hydrogen-bond donors (Lipinski definition) is 0. The molecule has 0 aromatic rings. The van der Waals surface area contributed by atoms with Gasteiger partial charge in [-0.25, -0.2) is 10.8 Å². The minimum atomic E-state index is 0. The molecule has 0 aliphatic heterocycles. The molecule has 4 heteroatoms. The van der Waals surface area contributed by atoms with E-state index in [-0.39, 0.29) is 35.6 Å². The Hall–Kier alpha value is 0.440. The van der Waals surface area contributed by atoms with E-state index in [0.717, 1.165) is 10.2 Å². The third kappa shape index (κ3) is 3.44. The van der Waals surface area contributed by atoms with Crippen LogP contribution in [0.1, 0.15) is 20.8 Å². The molecule has 0 nitrogen and oxygen atoms in total. The third-order valence-electron chi connectivity index (χ3n) is 2.24. The third-order valence-corrected chi connectivity index (χ3v) is 3.28. The Labute approximate surface area is 94.8 Å². The summed E-state index contributed by atoms with van der Waals surface area (Å²) < 4.78 is 0. The summed E-state index contributed by atoms with van der Waals surface area (Å²) in [5, 5.41) is 1.47. The summed E-state index contributed by atoms with van der Waals surface area (Å²) in [7, 11) is 1.16. The first kappa shape index (κ1) is 18.3. The van der Waals surface area contributed by atoms with Gasteiger partial charge < -0.3 is 0 Å². The monoisotopic (exact) mass is 267 g/mol. The molecule has 1 rings (SSSR count).